The number of nitrogens with zero attached hydrogens (tertiary/aromatic N) is 2. The molecule has 5 N–H and O–H groups in total. The first kappa shape index (κ1) is 24.3. The Labute approximate surface area is 191 Å². The standard InChI is InChI=1S/C21H27N5O6S/c1-30-14-12-17(19(18(13-14)31-2)32-10-5-9-27)25-20-21(26-33(28,29)11-8-22)24-16-7-4-3-6-15(16)23-20/h3-4,6-7,12-13,27H,5,8-11,22H2,1-2H3,(H,23,25)(H,24,26). The zero-order valence-electron chi connectivity index (χ0n) is 18.4. The van der Waals surface area contributed by atoms with Crippen LogP contribution < -0.4 is 30.0 Å². The molecule has 11 nitrogen and oxygen atoms in total. The number of nitrogens with one attached hydrogen (secondary N) is 2. The van der Waals surface area contributed by atoms with Gasteiger partial charge >= 0.3 is 0 Å². The first-order valence-electron chi connectivity index (χ1n) is 10.1. The fraction of sp³-hybridized carbons (Fsp3) is 0.333. The lowest BCUT2D eigenvalue weighted by atomic mass is 10.2. The van der Waals surface area contributed by atoms with Crippen LogP contribution in [0.15, 0.2) is 36.4 Å². The number of hydrogen-bond acceptors (Lipinski definition) is 10. The minimum Gasteiger partial charge on any atom is -0.497 e. The van der Waals surface area contributed by atoms with E-state index in [1.807, 2.05) is 0 Å². The molecule has 0 aliphatic rings. The summed E-state index contributed by atoms with van der Waals surface area (Å²) in [4.78, 5) is 8.99. The Morgan fingerprint density at radius 2 is 1.76 bits per heavy atom. The van der Waals surface area contributed by atoms with Crippen LogP contribution in [0.1, 0.15) is 6.42 Å². The first-order valence-corrected chi connectivity index (χ1v) is 11.8. The van der Waals surface area contributed by atoms with Gasteiger partial charge in [-0.25, -0.2) is 18.4 Å². The molecule has 0 unspecified atom stereocenters. The Morgan fingerprint density at radius 1 is 1.06 bits per heavy atom. The second-order valence-electron chi connectivity index (χ2n) is 6.88. The second-order valence-corrected chi connectivity index (χ2v) is 8.72. The van der Waals surface area contributed by atoms with Crippen molar-refractivity contribution in [2.75, 3.05) is 49.8 Å². The molecule has 0 atom stereocenters. The van der Waals surface area contributed by atoms with Crippen LogP contribution in [0, 0.1) is 0 Å². The van der Waals surface area contributed by atoms with Crippen molar-refractivity contribution in [3.05, 3.63) is 36.4 Å². The molecule has 0 aliphatic heterocycles. The number of anilines is 3. The summed E-state index contributed by atoms with van der Waals surface area (Å²) in [6.07, 6.45) is 0.411. The van der Waals surface area contributed by atoms with E-state index in [0.717, 1.165) is 0 Å². The highest BCUT2D eigenvalue weighted by Gasteiger charge is 2.20. The van der Waals surface area contributed by atoms with E-state index in [4.69, 9.17) is 25.1 Å². The Balaban J connectivity index is 2.11. The number of fused-ring (bicyclic) bond motifs is 1. The molecule has 0 saturated carbocycles. The SMILES string of the molecule is COc1cc(Nc2nc3ccccc3nc2NS(=O)(=O)CCN)c(OCCCO)c(OC)c1. The maximum absolute atomic E-state index is 12.4. The van der Waals surface area contributed by atoms with Crippen LogP contribution in [-0.2, 0) is 10.0 Å². The normalized spacial score (nSPS) is 11.3. The van der Waals surface area contributed by atoms with E-state index >= 15 is 0 Å². The van der Waals surface area contributed by atoms with Crippen molar-refractivity contribution in [1.82, 2.24) is 9.97 Å². The fourth-order valence-corrected chi connectivity index (χ4v) is 3.82. The maximum Gasteiger partial charge on any atom is 0.235 e. The van der Waals surface area contributed by atoms with Gasteiger partial charge < -0.3 is 30.4 Å². The summed E-state index contributed by atoms with van der Waals surface area (Å²) >= 11 is 0. The molecule has 12 heteroatoms. The molecule has 3 aromatic rings. The van der Waals surface area contributed by atoms with E-state index < -0.39 is 10.0 Å². The molecule has 0 amide bonds. The highest BCUT2D eigenvalue weighted by Crippen LogP contribution is 2.41. The molecule has 0 bridgehead atoms. The predicted molar refractivity (Wildman–Crippen MR) is 126 cm³/mol. The quantitative estimate of drug-likeness (QED) is 0.284. The molecule has 178 valence electrons. The van der Waals surface area contributed by atoms with Crippen LogP contribution in [0.3, 0.4) is 0 Å². The van der Waals surface area contributed by atoms with Crippen molar-refractivity contribution in [2.24, 2.45) is 5.73 Å². The number of methoxy groups -OCH3 is 2. The molecule has 1 heterocycles. The van der Waals surface area contributed by atoms with Crippen LogP contribution in [0.5, 0.6) is 17.2 Å². The molecule has 33 heavy (non-hydrogen) atoms. The Morgan fingerprint density at radius 3 is 2.36 bits per heavy atom. The van der Waals surface area contributed by atoms with Gasteiger partial charge in [0.1, 0.15) is 5.75 Å². The molecule has 3 rings (SSSR count). The smallest absolute Gasteiger partial charge is 0.235 e. The monoisotopic (exact) mass is 477 g/mol. The van der Waals surface area contributed by atoms with Gasteiger partial charge in [0.05, 0.1) is 43.3 Å². The third kappa shape index (κ3) is 6.12. The highest BCUT2D eigenvalue weighted by atomic mass is 32.2. The van der Waals surface area contributed by atoms with Crippen molar-refractivity contribution < 1.29 is 27.7 Å². The largest absolute Gasteiger partial charge is 0.497 e. The third-order valence-electron chi connectivity index (χ3n) is 4.50. The summed E-state index contributed by atoms with van der Waals surface area (Å²) in [7, 11) is -0.755. The molecule has 1 aromatic heterocycles. The van der Waals surface area contributed by atoms with E-state index in [1.54, 1.807) is 36.4 Å². The first-order chi connectivity index (χ1) is 15.9. The topological polar surface area (TPSA) is 158 Å². The van der Waals surface area contributed by atoms with Crippen molar-refractivity contribution >= 4 is 38.4 Å². The number of aliphatic hydroxyl groups excluding tert-OH is 1. The van der Waals surface area contributed by atoms with Gasteiger partial charge in [-0.1, -0.05) is 12.1 Å². The van der Waals surface area contributed by atoms with Gasteiger partial charge in [-0.3, -0.25) is 4.72 Å². The third-order valence-corrected chi connectivity index (χ3v) is 5.77. The molecule has 0 aliphatic carbocycles. The summed E-state index contributed by atoms with van der Waals surface area (Å²) < 4.78 is 43.9. The number of nitrogens with two attached hydrogens (primary N) is 1. The molecular formula is C21H27N5O6S. The zero-order chi connectivity index (χ0) is 23.8. The fourth-order valence-electron chi connectivity index (χ4n) is 2.97. The van der Waals surface area contributed by atoms with Crippen LogP contribution in [0.2, 0.25) is 0 Å². The van der Waals surface area contributed by atoms with E-state index in [1.165, 1.54) is 14.2 Å². The Hall–Kier alpha value is -3.35. The van der Waals surface area contributed by atoms with Crippen LogP contribution in [-0.4, -0.2) is 63.2 Å². The van der Waals surface area contributed by atoms with Crippen LogP contribution in [0.4, 0.5) is 17.3 Å². The van der Waals surface area contributed by atoms with Crippen molar-refractivity contribution in [1.29, 1.82) is 0 Å². The van der Waals surface area contributed by atoms with E-state index in [2.05, 4.69) is 20.0 Å². The number of rotatable bonds is 12. The van der Waals surface area contributed by atoms with Gasteiger partial charge in [-0.2, -0.15) is 0 Å². The number of para-hydroxylation sites is 2. The van der Waals surface area contributed by atoms with Crippen molar-refractivity contribution in [3.8, 4) is 17.2 Å². The summed E-state index contributed by atoms with van der Waals surface area (Å²) in [6.45, 7) is 0.146. The Bertz CT molecular complexity index is 1210. The average molecular weight is 478 g/mol. The van der Waals surface area contributed by atoms with E-state index in [-0.39, 0.29) is 37.1 Å². The lowest BCUT2D eigenvalue weighted by Crippen LogP contribution is -2.23. The molecule has 2 aromatic carbocycles. The molecule has 0 radical (unpaired) electrons. The van der Waals surface area contributed by atoms with Crippen LogP contribution >= 0.6 is 0 Å². The molecule has 0 fully saturated rings. The number of hydrogen-bond donors (Lipinski definition) is 4. The maximum atomic E-state index is 12.4. The molecule has 0 saturated heterocycles. The minimum atomic E-state index is -3.75. The molecule has 0 spiro atoms. The van der Waals surface area contributed by atoms with Crippen LogP contribution in [0.25, 0.3) is 11.0 Å². The van der Waals surface area contributed by atoms with Gasteiger partial charge in [0.25, 0.3) is 0 Å². The lowest BCUT2D eigenvalue weighted by molar-refractivity contribution is 0.228. The van der Waals surface area contributed by atoms with Crippen molar-refractivity contribution in [2.45, 2.75) is 6.42 Å². The number of sulfonamides is 1. The highest BCUT2D eigenvalue weighted by molar-refractivity contribution is 7.92. The van der Waals surface area contributed by atoms with Gasteiger partial charge in [0.2, 0.25) is 10.0 Å². The summed E-state index contributed by atoms with van der Waals surface area (Å²) in [5.74, 6) is 1.08. The van der Waals surface area contributed by atoms with E-state index in [0.29, 0.717) is 40.4 Å². The number of benzene rings is 2. The second kappa shape index (κ2) is 11.0. The average Bonchev–Trinajstić information content (AvgIpc) is 2.79. The van der Waals surface area contributed by atoms with Crippen molar-refractivity contribution in [3.63, 3.8) is 0 Å². The van der Waals surface area contributed by atoms with E-state index in [9.17, 15) is 8.42 Å². The zero-order valence-corrected chi connectivity index (χ0v) is 19.2. The molecular weight excluding hydrogens is 450 g/mol. The Kier molecular flexibility index (Phi) is 8.09. The van der Waals surface area contributed by atoms with Gasteiger partial charge in [-0.05, 0) is 12.1 Å². The number of ether oxygens (including phenoxy) is 3. The predicted octanol–water partition coefficient (Wildman–Crippen LogP) is 1.85. The number of aromatic nitrogens is 2. The number of aliphatic hydroxyl groups is 1. The van der Waals surface area contributed by atoms with Gasteiger partial charge in [0, 0.05) is 31.7 Å². The van der Waals surface area contributed by atoms with Gasteiger partial charge in [0.15, 0.2) is 23.1 Å². The summed E-state index contributed by atoms with van der Waals surface area (Å²) in [5.41, 5.74) is 6.90. The van der Waals surface area contributed by atoms with Gasteiger partial charge in [-0.15, -0.1) is 0 Å². The summed E-state index contributed by atoms with van der Waals surface area (Å²) in [5, 5.41) is 12.2. The summed E-state index contributed by atoms with van der Waals surface area (Å²) in [6, 6.07) is 10.4. The lowest BCUT2D eigenvalue weighted by Gasteiger charge is -2.19. The minimum absolute atomic E-state index is 0.00486.